The molecule has 0 radical (unpaired) electrons. The number of aromatic nitrogens is 3. The van der Waals surface area contributed by atoms with Gasteiger partial charge in [0, 0.05) is 11.9 Å². The second-order valence-corrected chi connectivity index (χ2v) is 10.2. The third-order valence-corrected chi connectivity index (χ3v) is 5.84. The molecule has 4 aromatic rings. The Bertz CT molecular complexity index is 1510. The van der Waals surface area contributed by atoms with Crippen LogP contribution in [0.4, 0.5) is 10.2 Å². The number of fused-ring (bicyclic) bond motifs is 1. The van der Waals surface area contributed by atoms with Crippen molar-refractivity contribution in [2.45, 2.75) is 46.3 Å². The minimum atomic E-state index is -0.803. The van der Waals surface area contributed by atoms with E-state index >= 15 is 4.39 Å². The van der Waals surface area contributed by atoms with Crippen molar-refractivity contribution in [1.82, 2.24) is 14.8 Å². The van der Waals surface area contributed by atoms with E-state index < -0.39 is 11.5 Å². The lowest BCUT2D eigenvalue weighted by atomic mass is 10.1. The number of benzene rings is 2. The average Bonchev–Trinajstić information content (AvgIpc) is 2.83. The topological polar surface area (TPSA) is 86.1 Å². The molecule has 0 atom stereocenters. The molecule has 2 aromatic heterocycles. The summed E-state index contributed by atoms with van der Waals surface area (Å²) in [4.78, 5) is 29.1. The van der Waals surface area contributed by atoms with Crippen LogP contribution in [0.5, 0.6) is 0 Å². The summed E-state index contributed by atoms with van der Waals surface area (Å²) in [6.45, 7) is 7.73. The highest BCUT2D eigenvalue weighted by atomic mass is 35.5. The van der Waals surface area contributed by atoms with Gasteiger partial charge >= 0.3 is 5.97 Å². The Labute approximate surface area is 219 Å². The summed E-state index contributed by atoms with van der Waals surface area (Å²) >= 11 is 6.44. The zero-order chi connectivity index (χ0) is 26.7. The van der Waals surface area contributed by atoms with E-state index in [1.165, 1.54) is 10.7 Å². The Morgan fingerprint density at radius 3 is 2.46 bits per heavy atom. The minimum absolute atomic E-state index is 0.0643. The Morgan fingerprint density at radius 2 is 1.78 bits per heavy atom. The molecule has 0 amide bonds. The van der Waals surface area contributed by atoms with Gasteiger partial charge < -0.3 is 10.1 Å². The second-order valence-electron chi connectivity index (χ2n) is 9.76. The van der Waals surface area contributed by atoms with E-state index in [2.05, 4.69) is 15.4 Å². The first kappa shape index (κ1) is 26.3. The Morgan fingerprint density at radius 1 is 1.11 bits per heavy atom. The zero-order valence-electron chi connectivity index (χ0n) is 21.1. The molecule has 7 nitrogen and oxygen atoms in total. The molecule has 1 N–H and O–H groups in total. The summed E-state index contributed by atoms with van der Waals surface area (Å²) in [5.74, 6) is -1.09. The highest BCUT2D eigenvalue weighted by molar-refractivity contribution is 6.33. The predicted octanol–water partition coefficient (Wildman–Crippen LogP) is 5.75. The van der Waals surface area contributed by atoms with E-state index in [9.17, 15) is 9.59 Å². The lowest BCUT2D eigenvalue weighted by Crippen LogP contribution is -2.25. The lowest BCUT2D eigenvalue weighted by Gasteiger charge is -2.19. The quantitative estimate of drug-likeness (QED) is 0.245. The lowest BCUT2D eigenvalue weighted by molar-refractivity contribution is -0.154. The molecule has 0 bridgehead atoms. The molecule has 2 heterocycles. The number of hydrogen-bond acceptors (Lipinski definition) is 6. The molecular formula is C28H28ClFN4O3. The number of nitrogens with one attached hydrogen (secondary N) is 1. The number of anilines is 1. The van der Waals surface area contributed by atoms with Gasteiger partial charge in [0.05, 0.1) is 28.9 Å². The van der Waals surface area contributed by atoms with Crippen LogP contribution in [0.25, 0.3) is 22.0 Å². The van der Waals surface area contributed by atoms with Crippen LogP contribution in [0.15, 0.2) is 59.4 Å². The molecule has 0 aliphatic heterocycles. The van der Waals surface area contributed by atoms with E-state index in [-0.39, 0.29) is 53.1 Å². The van der Waals surface area contributed by atoms with Crippen LogP contribution in [0.2, 0.25) is 5.02 Å². The van der Waals surface area contributed by atoms with Crippen LogP contribution in [-0.2, 0) is 16.1 Å². The smallest absolute Gasteiger partial charge is 0.308 e. The maximum absolute atomic E-state index is 15.3. The van der Waals surface area contributed by atoms with Gasteiger partial charge in [-0.3, -0.25) is 9.59 Å². The molecule has 0 unspecified atom stereocenters. The number of aryl methyl sites for hydroxylation is 1. The minimum Gasteiger partial charge on any atom is -0.460 e. The molecule has 37 heavy (non-hydrogen) atoms. The van der Waals surface area contributed by atoms with Gasteiger partial charge in [-0.2, -0.15) is 9.49 Å². The van der Waals surface area contributed by atoms with Crippen molar-refractivity contribution in [3.05, 3.63) is 87.0 Å². The summed E-state index contributed by atoms with van der Waals surface area (Å²) in [6.07, 6.45) is 0.0643. The van der Waals surface area contributed by atoms with Crippen LogP contribution in [0.1, 0.15) is 38.3 Å². The van der Waals surface area contributed by atoms with Gasteiger partial charge in [0.25, 0.3) is 5.56 Å². The van der Waals surface area contributed by atoms with Gasteiger partial charge in [-0.15, -0.1) is 0 Å². The fraction of sp³-hybridized carbons (Fsp3) is 0.286. The highest BCUT2D eigenvalue weighted by Gasteiger charge is 2.20. The van der Waals surface area contributed by atoms with E-state index in [0.29, 0.717) is 10.8 Å². The van der Waals surface area contributed by atoms with Crippen LogP contribution in [-0.4, -0.2) is 32.9 Å². The first-order chi connectivity index (χ1) is 17.5. The average molecular weight is 523 g/mol. The molecule has 0 saturated heterocycles. The summed E-state index contributed by atoms with van der Waals surface area (Å²) in [7, 11) is 0. The molecule has 0 aliphatic rings. The summed E-state index contributed by atoms with van der Waals surface area (Å²) in [5.41, 5.74) is 1.45. The van der Waals surface area contributed by atoms with Crippen molar-refractivity contribution in [2.75, 3.05) is 11.9 Å². The third-order valence-electron chi connectivity index (χ3n) is 5.55. The summed E-state index contributed by atoms with van der Waals surface area (Å²) < 4.78 is 21.9. The number of rotatable bonds is 7. The fourth-order valence-electron chi connectivity index (χ4n) is 3.84. The largest absolute Gasteiger partial charge is 0.460 e. The number of esters is 1. The molecule has 192 valence electrons. The number of halogens is 2. The maximum Gasteiger partial charge on any atom is 0.308 e. The summed E-state index contributed by atoms with van der Waals surface area (Å²) in [6, 6.07) is 16.1. The van der Waals surface area contributed by atoms with Gasteiger partial charge in [-0.25, -0.2) is 9.67 Å². The third kappa shape index (κ3) is 6.32. The molecule has 9 heteroatoms. The van der Waals surface area contributed by atoms with Gasteiger partial charge in [0.1, 0.15) is 17.1 Å². The van der Waals surface area contributed by atoms with E-state index in [4.69, 9.17) is 16.3 Å². The molecule has 0 fully saturated rings. The van der Waals surface area contributed by atoms with Gasteiger partial charge in [-0.05, 0) is 45.4 Å². The van der Waals surface area contributed by atoms with E-state index in [0.717, 1.165) is 11.1 Å². The standard InChI is InChI=1S/C28H28ClFN4O3/c1-17-9-11-18(12-10-17)16-34-27(36)20-8-6-5-7-19(20)24(33-34)21-15-22(29)26(32-25(21)30)31-14-13-23(35)37-28(2,3)4/h5-12,15H,13-14,16H2,1-4H3,(H,31,32). The Balaban J connectivity index is 1.67. The van der Waals surface area contributed by atoms with Gasteiger partial charge in [-0.1, -0.05) is 59.6 Å². The van der Waals surface area contributed by atoms with Crippen molar-refractivity contribution < 1.29 is 13.9 Å². The monoisotopic (exact) mass is 522 g/mol. The highest BCUT2D eigenvalue weighted by Crippen LogP contribution is 2.31. The summed E-state index contributed by atoms with van der Waals surface area (Å²) in [5, 5.41) is 8.47. The van der Waals surface area contributed by atoms with Crippen molar-refractivity contribution >= 4 is 34.2 Å². The SMILES string of the molecule is Cc1ccc(Cn2nc(-c3cc(Cl)c(NCCC(=O)OC(C)(C)C)nc3F)c3ccccc3c2=O)cc1. The normalized spacial score (nSPS) is 11.5. The van der Waals surface area contributed by atoms with Crippen molar-refractivity contribution in [3.63, 3.8) is 0 Å². The van der Waals surface area contributed by atoms with Crippen LogP contribution in [0, 0.1) is 12.9 Å². The number of pyridine rings is 1. The van der Waals surface area contributed by atoms with Crippen LogP contribution in [0.3, 0.4) is 0 Å². The van der Waals surface area contributed by atoms with Gasteiger partial charge in [0.2, 0.25) is 5.95 Å². The number of carbonyl (C=O) groups is 1. The van der Waals surface area contributed by atoms with Crippen molar-refractivity contribution in [1.29, 1.82) is 0 Å². The first-order valence-corrected chi connectivity index (χ1v) is 12.3. The molecule has 0 spiro atoms. The number of hydrogen-bond donors (Lipinski definition) is 1. The number of nitrogens with zero attached hydrogens (tertiary/aromatic N) is 3. The number of carbonyl (C=O) groups excluding carboxylic acids is 1. The fourth-order valence-corrected chi connectivity index (χ4v) is 4.06. The van der Waals surface area contributed by atoms with Crippen molar-refractivity contribution in [3.8, 4) is 11.3 Å². The van der Waals surface area contributed by atoms with Crippen LogP contribution >= 0.6 is 11.6 Å². The molecule has 2 aromatic carbocycles. The Kier molecular flexibility index (Phi) is 7.59. The Hall–Kier alpha value is -3.78. The predicted molar refractivity (Wildman–Crippen MR) is 143 cm³/mol. The molecule has 4 rings (SSSR count). The molecule has 0 saturated carbocycles. The van der Waals surface area contributed by atoms with E-state index in [1.807, 2.05) is 31.2 Å². The second kappa shape index (κ2) is 10.7. The van der Waals surface area contributed by atoms with Crippen molar-refractivity contribution in [2.24, 2.45) is 0 Å². The molecule has 0 aliphatic carbocycles. The van der Waals surface area contributed by atoms with Gasteiger partial charge in [0.15, 0.2) is 0 Å². The molecular weight excluding hydrogens is 495 g/mol. The first-order valence-electron chi connectivity index (χ1n) is 11.9. The van der Waals surface area contributed by atoms with E-state index in [1.54, 1.807) is 45.0 Å². The number of ether oxygens (including phenoxy) is 1. The maximum atomic E-state index is 15.3. The zero-order valence-corrected chi connectivity index (χ0v) is 21.9. The van der Waals surface area contributed by atoms with Crippen LogP contribution < -0.4 is 10.9 Å².